The number of carbonyl (C=O) groups is 1. The SMILES string of the molecule is O=C(CCCc1cccs1)Cc1cncs1. The Morgan fingerprint density at radius 3 is 2.94 bits per heavy atom. The van der Waals surface area contributed by atoms with Gasteiger partial charge < -0.3 is 0 Å². The van der Waals surface area contributed by atoms with Crippen LogP contribution in [0.25, 0.3) is 0 Å². The molecule has 0 unspecified atom stereocenters. The van der Waals surface area contributed by atoms with Gasteiger partial charge in [0, 0.05) is 28.8 Å². The van der Waals surface area contributed by atoms with Crippen molar-refractivity contribution >= 4 is 28.5 Å². The predicted octanol–water partition coefficient (Wildman–Crippen LogP) is 3.34. The zero-order valence-corrected chi connectivity index (χ0v) is 10.5. The fraction of sp³-hybridized carbons (Fsp3) is 0.333. The number of rotatable bonds is 6. The standard InChI is InChI=1S/C12H13NOS2/c14-10(7-12-8-13-9-16-12)3-1-4-11-5-2-6-15-11/h2,5-6,8-9H,1,3-4,7H2. The molecule has 0 aliphatic rings. The van der Waals surface area contributed by atoms with Crippen molar-refractivity contribution in [3.63, 3.8) is 0 Å². The van der Waals surface area contributed by atoms with Crippen LogP contribution in [0.5, 0.6) is 0 Å². The molecule has 0 aliphatic heterocycles. The molecule has 0 amide bonds. The summed E-state index contributed by atoms with van der Waals surface area (Å²) in [5, 5.41) is 2.08. The van der Waals surface area contributed by atoms with Crippen LogP contribution in [-0.4, -0.2) is 10.8 Å². The second-order valence-electron chi connectivity index (χ2n) is 3.62. The molecule has 0 N–H and O–H groups in total. The van der Waals surface area contributed by atoms with E-state index in [0.29, 0.717) is 18.6 Å². The minimum atomic E-state index is 0.320. The van der Waals surface area contributed by atoms with Crippen LogP contribution in [-0.2, 0) is 17.6 Å². The van der Waals surface area contributed by atoms with Crippen molar-refractivity contribution in [2.24, 2.45) is 0 Å². The summed E-state index contributed by atoms with van der Waals surface area (Å²) in [6.45, 7) is 0. The maximum absolute atomic E-state index is 11.6. The lowest BCUT2D eigenvalue weighted by molar-refractivity contribution is -0.118. The number of aromatic nitrogens is 1. The molecule has 0 fully saturated rings. The quantitative estimate of drug-likeness (QED) is 0.788. The van der Waals surface area contributed by atoms with E-state index >= 15 is 0 Å². The van der Waals surface area contributed by atoms with Crippen LogP contribution in [0.4, 0.5) is 0 Å². The van der Waals surface area contributed by atoms with Gasteiger partial charge >= 0.3 is 0 Å². The molecule has 84 valence electrons. The highest BCUT2D eigenvalue weighted by molar-refractivity contribution is 7.10. The van der Waals surface area contributed by atoms with E-state index in [1.165, 1.54) is 4.88 Å². The number of thiazole rings is 1. The van der Waals surface area contributed by atoms with Gasteiger partial charge in [0.15, 0.2) is 0 Å². The molecule has 0 saturated heterocycles. The Kier molecular flexibility index (Phi) is 4.25. The minimum absolute atomic E-state index is 0.320. The fourth-order valence-corrected chi connectivity index (χ4v) is 2.90. The summed E-state index contributed by atoms with van der Waals surface area (Å²) >= 11 is 3.31. The van der Waals surface area contributed by atoms with Gasteiger partial charge in [-0.15, -0.1) is 22.7 Å². The molecule has 0 spiro atoms. The molecule has 0 radical (unpaired) electrons. The predicted molar refractivity (Wildman–Crippen MR) is 68.1 cm³/mol. The number of aryl methyl sites for hydroxylation is 1. The topological polar surface area (TPSA) is 30.0 Å². The van der Waals surface area contributed by atoms with E-state index in [4.69, 9.17) is 0 Å². The third-order valence-corrected chi connectivity index (χ3v) is 4.03. The zero-order valence-electron chi connectivity index (χ0n) is 8.89. The van der Waals surface area contributed by atoms with Crippen molar-refractivity contribution in [2.75, 3.05) is 0 Å². The average Bonchev–Trinajstić information content (AvgIpc) is 2.90. The summed E-state index contributed by atoms with van der Waals surface area (Å²) in [4.78, 5) is 18.0. The van der Waals surface area contributed by atoms with Gasteiger partial charge in [0.05, 0.1) is 5.51 Å². The van der Waals surface area contributed by atoms with Crippen LogP contribution in [0.15, 0.2) is 29.2 Å². The molecule has 2 nitrogen and oxygen atoms in total. The van der Waals surface area contributed by atoms with Gasteiger partial charge in [0.25, 0.3) is 0 Å². The second-order valence-corrected chi connectivity index (χ2v) is 5.62. The Balaban J connectivity index is 1.68. The van der Waals surface area contributed by atoms with Crippen molar-refractivity contribution in [1.29, 1.82) is 0 Å². The van der Waals surface area contributed by atoms with E-state index in [1.807, 2.05) is 0 Å². The highest BCUT2D eigenvalue weighted by Crippen LogP contribution is 2.13. The number of hydrogen-bond donors (Lipinski definition) is 0. The maximum atomic E-state index is 11.6. The number of hydrogen-bond acceptors (Lipinski definition) is 4. The monoisotopic (exact) mass is 251 g/mol. The summed E-state index contributed by atoms with van der Waals surface area (Å²) in [7, 11) is 0. The van der Waals surface area contributed by atoms with Crippen LogP contribution in [0, 0.1) is 0 Å². The molecule has 0 atom stereocenters. The third-order valence-electron chi connectivity index (χ3n) is 2.31. The van der Waals surface area contributed by atoms with Crippen LogP contribution in [0.2, 0.25) is 0 Å². The number of carbonyl (C=O) groups excluding carboxylic acids is 1. The Hall–Kier alpha value is -1.00. The molecule has 4 heteroatoms. The summed E-state index contributed by atoms with van der Waals surface area (Å²) < 4.78 is 0. The molecular weight excluding hydrogens is 238 g/mol. The third kappa shape index (κ3) is 3.54. The van der Waals surface area contributed by atoms with Gasteiger partial charge in [-0.25, -0.2) is 0 Å². The molecule has 0 aliphatic carbocycles. The van der Waals surface area contributed by atoms with Gasteiger partial charge in [0.1, 0.15) is 5.78 Å². The van der Waals surface area contributed by atoms with Crippen LogP contribution >= 0.6 is 22.7 Å². The van der Waals surface area contributed by atoms with E-state index in [0.717, 1.165) is 17.7 Å². The molecule has 0 saturated carbocycles. The van der Waals surface area contributed by atoms with Gasteiger partial charge in [0.2, 0.25) is 0 Å². The highest BCUT2D eigenvalue weighted by atomic mass is 32.1. The lowest BCUT2D eigenvalue weighted by atomic mass is 10.1. The van der Waals surface area contributed by atoms with Gasteiger partial charge in [-0.1, -0.05) is 6.07 Å². The molecule has 2 aromatic rings. The molecule has 0 aromatic carbocycles. The first-order valence-corrected chi connectivity index (χ1v) is 7.02. The van der Waals surface area contributed by atoms with Crippen molar-refractivity contribution < 1.29 is 4.79 Å². The van der Waals surface area contributed by atoms with Gasteiger partial charge in [-0.2, -0.15) is 0 Å². The van der Waals surface area contributed by atoms with Crippen molar-refractivity contribution in [1.82, 2.24) is 4.98 Å². The summed E-state index contributed by atoms with van der Waals surface area (Å²) in [5.41, 5.74) is 1.77. The Morgan fingerprint density at radius 1 is 1.31 bits per heavy atom. The first-order valence-electron chi connectivity index (χ1n) is 5.26. The van der Waals surface area contributed by atoms with Gasteiger partial charge in [-0.05, 0) is 24.3 Å². The molecule has 2 heterocycles. The maximum Gasteiger partial charge on any atom is 0.138 e. The fourth-order valence-electron chi connectivity index (χ4n) is 1.53. The lowest BCUT2D eigenvalue weighted by Gasteiger charge is -1.98. The summed E-state index contributed by atoms with van der Waals surface area (Å²) in [6, 6.07) is 4.18. The number of nitrogens with zero attached hydrogens (tertiary/aromatic N) is 1. The minimum Gasteiger partial charge on any atom is -0.299 e. The van der Waals surface area contributed by atoms with Crippen molar-refractivity contribution in [3.8, 4) is 0 Å². The first kappa shape index (κ1) is 11.5. The van der Waals surface area contributed by atoms with E-state index in [-0.39, 0.29) is 0 Å². The molecule has 2 rings (SSSR count). The van der Waals surface area contributed by atoms with E-state index in [9.17, 15) is 4.79 Å². The number of ketones is 1. The second kappa shape index (κ2) is 5.92. The normalized spacial score (nSPS) is 10.5. The largest absolute Gasteiger partial charge is 0.299 e. The number of thiophene rings is 1. The van der Waals surface area contributed by atoms with E-state index < -0.39 is 0 Å². The van der Waals surface area contributed by atoms with Crippen LogP contribution in [0.3, 0.4) is 0 Å². The van der Waals surface area contributed by atoms with Crippen LogP contribution < -0.4 is 0 Å². The smallest absolute Gasteiger partial charge is 0.138 e. The number of Topliss-reactive ketones (excluding diaryl/α,β-unsaturated/α-hetero) is 1. The van der Waals surface area contributed by atoms with Crippen LogP contribution in [0.1, 0.15) is 22.6 Å². The Bertz CT molecular complexity index is 420. The molecule has 2 aromatic heterocycles. The Labute approximate surface area is 103 Å². The lowest BCUT2D eigenvalue weighted by Crippen LogP contribution is -2.01. The highest BCUT2D eigenvalue weighted by Gasteiger charge is 2.05. The molecule has 16 heavy (non-hydrogen) atoms. The summed E-state index contributed by atoms with van der Waals surface area (Å²) in [6.07, 6.45) is 4.98. The van der Waals surface area contributed by atoms with Gasteiger partial charge in [-0.3, -0.25) is 9.78 Å². The first-order chi connectivity index (χ1) is 7.84. The molecule has 0 bridgehead atoms. The van der Waals surface area contributed by atoms with E-state index in [2.05, 4.69) is 22.5 Å². The average molecular weight is 251 g/mol. The van der Waals surface area contributed by atoms with E-state index in [1.54, 1.807) is 34.4 Å². The zero-order chi connectivity index (χ0) is 11.2. The van der Waals surface area contributed by atoms with Crippen molar-refractivity contribution in [3.05, 3.63) is 39.0 Å². The van der Waals surface area contributed by atoms with Crippen molar-refractivity contribution in [2.45, 2.75) is 25.7 Å². The Morgan fingerprint density at radius 2 is 2.25 bits per heavy atom. The molecular formula is C12H13NOS2. The summed E-state index contributed by atoms with van der Waals surface area (Å²) in [5.74, 6) is 0.320.